The van der Waals surface area contributed by atoms with Crippen molar-refractivity contribution in [3.63, 3.8) is 0 Å². The van der Waals surface area contributed by atoms with Crippen molar-refractivity contribution in [2.45, 2.75) is 130 Å². The number of hydrogen-bond donors (Lipinski definition) is 0. The number of rotatable bonds is 35. The van der Waals surface area contributed by atoms with Crippen molar-refractivity contribution in [3.8, 4) is 0 Å². The van der Waals surface area contributed by atoms with Gasteiger partial charge >= 0.3 is 5.43 Å². The van der Waals surface area contributed by atoms with Crippen molar-refractivity contribution < 1.29 is 52.4 Å². The number of likely N-dealkylation sites (N-methyl/N-ethyl adjacent to an activating group) is 2. The number of amides is 2. The van der Waals surface area contributed by atoms with Crippen LogP contribution in [0.2, 0.25) is 0 Å². The topological polar surface area (TPSA) is 163 Å². The fourth-order valence-electron chi connectivity index (χ4n) is 9.75. The lowest BCUT2D eigenvalue weighted by Gasteiger charge is -2.41. The summed E-state index contributed by atoms with van der Waals surface area (Å²) in [4.78, 5) is 78.3. The summed E-state index contributed by atoms with van der Waals surface area (Å²) in [7, 11) is 6.90. The Bertz CT molecular complexity index is 1810. The fourth-order valence-corrected chi connectivity index (χ4v) is 10.6. The van der Waals surface area contributed by atoms with Crippen molar-refractivity contribution in [1.29, 1.82) is 0 Å². The molecule has 1 saturated heterocycles. The molecule has 0 N–H and O–H groups in total. The van der Waals surface area contributed by atoms with Gasteiger partial charge in [-0.2, -0.15) is 0 Å². The van der Waals surface area contributed by atoms with Gasteiger partial charge in [-0.1, -0.05) is 85.2 Å². The molecule has 0 bridgehead atoms. The van der Waals surface area contributed by atoms with Crippen LogP contribution in [0.1, 0.15) is 103 Å². The highest BCUT2D eigenvalue weighted by Gasteiger charge is 2.43. The summed E-state index contributed by atoms with van der Waals surface area (Å²) in [5.41, 5.74) is 0.278. The van der Waals surface area contributed by atoms with E-state index in [0.717, 1.165) is 23.4 Å². The molecule has 15 nitrogen and oxygen atoms in total. The van der Waals surface area contributed by atoms with E-state index in [-0.39, 0.29) is 79.1 Å². The highest BCUT2D eigenvalue weighted by molar-refractivity contribution is 7.09. The van der Waals surface area contributed by atoms with E-state index in [1.165, 1.54) is 0 Å². The smallest absolute Gasteiger partial charge is 0.403 e. The second kappa shape index (κ2) is 31.9. The lowest BCUT2D eigenvalue weighted by atomic mass is 9.83. The zero-order chi connectivity index (χ0) is 51.0. The molecule has 0 radical (unpaired) electrons. The fraction of sp³-hybridized carbons (Fsp3) is 0.731. The van der Waals surface area contributed by atoms with Gasteiger partial charge in [-0.05, 0) is 49.6 Å². The normalized spacial score (nSPS) is 17.6. The average molecular weight is 1010 g/mol. The number of thiazole rings is 1. The summed E-state index contributed by atoms with van der Waals surface area (Å²) >= 11 is 6.68. The maximum atomic E-state index is 14.7. The van der Waals surface area contributed by atoms with E-state index in [1.54, 1.807) is 43.7 Å². The van der Waals surface area contributed by atoms with Gasteiger partial charge in [0.1, 0.15) is 12.4 Å². The summed E-state index contributed by atoms with van der Waals surface area (Å²) < 4.78 is 33.5. The zero-order valence-electron chi connectivity index (χ0n) is 43.3. The van der Waals surface area contributed by atoms with Crippen molar-refractivity contribution in [2.24, 2.45) is 29.6 Å². The van der Waals surface area contributed by atoms with Crippen LogP contribution in [0, 0.1) is 29.6 Å². The lowest BCUT2D eigenvalue weighted by molar-refractivity contribution is -0.149. The predicted molar refractivity (Wildman–Crippen MR) is 270 cm³/mol. The number of ether oxygens (including phenoxy) is 6. The Labute approximate surface area is 421 Å². The van der Waals surface area contributed by atoms with Gasteiger partial charge in [-0.15, -0.1) is 11.3 Å². The van der Waals surface area contributed by atoms with Gasteiger partial charge in [-0.3, -0.25) is 24.1 Å². The molecule has 2 aromatic rings. The van der Waals surface area contributed by atoms with Crippen LogP contribution in [0.5, 0.6) is 0 Å². The van der Waals surface area contributed by atoms with E-state index in [9.17, 15) is 24.0 Å². The predicted octanol–water partition coefficient (Wildman–Crippen LogP) is 7.96. The quantitative estimate of drug-likeness (QED) is 0.0483. The van der Waals surface area contributed by atoms with Crippen LogP contribution in [0.4, 0.5) is 4.79 Å². The van der Waals surface area contributed by atoms with Crippen LogP contribution in [0.25, 0.3) is 0 Å². The van der Waals surface area contributed by atoms with Gasteiger partial charge in [-0.25, -0.2) is 9.78 Å². The van der Waals surface area contributed by atoms with E-state index in [1.807, 2.05) is 75.0 Å². The summed E-state index contributed by atoms with van der Waals surface area (Å²) in [5, 5.41) is 2.87. The number of aromatic nitrogens is 1. The molecule has 1 aliphatic rings. The van der Waals surface area contributed by atoms with Crippen LogP contribution >= 0.6 is 22.9 Å². The van der Waals surface area contributed by atoms with E-state index in [2.05, 4.69) is 35.7 Å². The Balaban J connectivity index is 1.65. The Hall–Kier alpha value is -3.35. The minimum Gasteiger partial charge on any atom is -0.451 e. The number of likely N-dealkylation sites (tertiary alicyclic amines) is 1. The molecule has 1 aromatic heterocycles. The minimum atomic E-state index is -0.867. The number of carbonyl (C=O) groups excluding carboxylic acids is 5. The lowest BCUT2D eigenvalue weighted by Crippen LogP contribution is -2.54. The molecule has 1 aliphatic heterocycles. The maximum absolute atomic E-state index is 14.7. The third kappa shape index (κ3) is 19.3. The van der Waals surface area contributed by atoms with Crippen LogP contribution in [0.15, 0.2) is 41.9 Å². The van der Waals surface area contributed by atoms with Crippen LogP contribution in [-0.4, -0.2) is 166 Å². The van der Waals surface area contributed by atoms with E-state index in [0.29, 0.717) is 65.4 Å². The Morgan fingerprint density at radius 3 is 2.01 bits per heavy atom. The SMILES string of the molecule is CC[C@H](C)[C@@H]([C@@H](CC(=O)N1CCC[C@H]1[C@H](OC)[C@@H](C)C(=O)C[C@@H](Cc1ccccc1)c1nccs1)OC)N(C)C(=O)[C@@H](CC(=O)[C@H](C(C)C)N(C)CCOCCOCCOCCOC(=O)Cl)C(C)C. The zero-order valence-corrected chi connectivity index (χ0v) is 44.8. The number of halogens is 1. The second-order valence-corrected chi connectivity index (χ2v) is 20.4. The third-order valence-electron chi connectivity index (χ3n) is 13.7. The van der Waals surface area contributed by atoms with E-state index < -0.39 is 41.6 Å². The minimum absolute atomic E-state index is 0.00829. The molecule has 2 amide bonds. The highest BCUT2D eigenvalue weighted by Crippen LogP contribution is 2.34. The molecule has 69 heavy (non-hydrogen) atoms. The number of Topliss-reactive ketones (excluding diaryl/α,β-unsaturated/α-hetero) is 2. The number of hydrogen-bond acceptors (Lipinski definition) is 14. The summed E-state index contributed by atoms with van der Waals surface area (Å²) in [6.07, 6.45) is 4.03. The Morgan fingerprint density at radius 1 is 0.826 bits per heavy atom. The number of carbonyl (C=O) groups is 5. The van der Waals surface area contributed by atoms with E-state index in [4.69, 9.17) is 35.3 Å². The van der Waals surface area contributed by atoms with Crippen LogP contribution in [0.3, 0.4) is 0 Å². The molecule has 0 saturated carbocycles. The molecule has 390 valence electrons. The number of methoxy groups -OCH3 is 2. The van der Waals surface area contributed by atoms with Crippen molar-refractivity contribution >= 4 is 51.7 Å². The Morgan fingerprint density at radius 2 is 1.46 bits per heavy atom. The monoisotopic (exact) mass is 1010 g/mol. The molecule has 0 spiro atoms. The number of ketones is 2. The first-order chi connectivity index (χ1) is 33.0. The first-order valence-corrected chi connectivity index (χ1v) is 26.1. The summed E-state index contributed by atoms with van der Waals surface area (Å²) in [5.74, 6) is -1.47. The standard InChI is InChI=1S/C52H83ClN4O11S/c1-12-37(6)48(56(9)51(61)41(35(2)3)33-44(59)47(36(4)5)55(8)22-23-65-24-25-66-26-27-67-28-29-68-52(53)62)45(63-10)34-46(60)57-21-16-19-42(57)49(64-11)38(7)43(58)32-40(50-54-20-30-69-50)31-39-17-14-13-15-18-39/h13-15,17-18,20,30,35-38,40-42,45,47-49H,12,16,19,21-29,31-34H2,1-11H3/t37-,38-,40+,41-,42-,45+,47-,48-,49+/m0/s1. The van der Waals surface area contributed by atoms with Gasteiger partial charge < -0.3 is 38.2 Å². The van der Waals surface area contributed by atoms with Crippen LogP contribution < -0.4 is 0 Å². The highest BCUT2D eigenvalue weighted by atomic mass is 35.5. The van der Waals surface area contributed by atoms with Crippen molar-refractivity contribution in [3.05, 3.63) is 52.5 Å². The average Bonchev–Trinajstić information content (AvgIpc) is 4.04. The molecule has 0 unspecified atom stereocenters. The van der Waals surface area contributed by atoms with Crippen molar-refractivity contribution in [1.82, 2.24) is 19.7 Å². The second-order valence-electron chi connectivity index (χ2n) is 19.1. The Kier molecular flexibility index (Phi) is 27.7. The van der Waals surface area contributed by atoms with Gasteiger partial charge in [0, 0.05) is 88.1 Å². The first-order valence-electron chi connectivity index (χ1n) is 24.8. The van der Waals surface area contributed by atoms with Gasteiger partial charge in [0.05, 0.1) is 81.4 Å². The summed E-state index contributed by atoms with van der Waals surface area (Å²) in [6.45, 7) is 17.2. The van der Waals surface area contributed by atoms with Gasteiger partial charge in [0.2, 0.25) is 11.8 Å². The van der Waals surface area contributed by atoms with Crippen molar-refractivity contribution in [2.75, 3.05) is 87.7 Å². The van der Waals surface area contributed by atoms with E-state index >= 15 is 0 Å². The molecule has 1 aromatic carbocycles. The molecule has 9 atom stereocenters. The first kappa shape index (κ1) is 60.0. The molecule has 2 heterocycles. The molecule has 3 rings (SSSR count). The largest absolute Gasteiger partial charge is 0.451 e. The molecular weight excluding hydrogens is 924 g/mol. The number of nitrogens with zero attached hydrogens (tertiary/aromatic N) is 4. The van der Waals surface area contributed by atoms with Gasteiger partial charge in [0.15, 0.2) is 5.78 Å². The maximum Gasteiger partial charge on any atom is 0.403 e. The van der Waals surface area contributed by atoms with Crippen LogP contribution in [-0.2, 0) is 54.0 Å². The molecule has 17 heteroatoms. The molecular formula is C52H83ClN4O11S. The molecule has 0 aliphatic carbocycles. The third-order valence-corrected chi connectivity index (χ3v) is 14.7. The van der Waals surface area contributed by atoms with Gasteiger partial charge in [0.25, 0.3) is 0 Å². The molecule has 1 fully saturated rings. The summed E-state index contributed by atoms with van der Waals surface area (Å²) in [6, 6.07) is 8.98. The number of benzene rings is 1.